The van der Waals surface area contributed by atoms with Crippen LogP contribution in [0.2, 0.25) is 0 Å². The van der Waals surface area contributed by atoms with E-state index in [2.05, 4.69) is 6.92 Å². The molecule has 0 atom stereocenters. The molecule has 0 aromatic rings. The monoisotopic (exact) mass is 428 g/mol. The molecule has 0 aliphatic heterocycles. The first kappa shape index (κ1) is 59.3. The summed E-state index contributed by atoms with van der Waals surface area (Å²) in [6, 6.07) is 0. The average molecular weight is 428 g/mol. The second-order valence-electron chi connectivity index (χ2n) is 0.0913. The number of rotatable bonds is 0. The third kappa shape index (κ3) is 226. The summed E-state index contributed by atoms with van der Waals surface area (Å²) in [5, 5.41) is 6.76. The molecule has 0 aliphatic rings. The topological polar surface area (TPSA) is 37.3 Å². The zero-order valence-corrected chi connectivity index (χ0v) is 13.7. The molecule has 0 aliphatic carbocycles. The smallest absolute Gasteiger partial charge is 0 e. The molecule has 0 aromatic carbocycles. The van der Waals surface area contributed by atoms with Gasteiger partial charge in [-0.15, -0.1) is 0 Å². The van der Waals surface area contributed by atoms with Gasteiger partial charge in [-0.1, -0.05) is 6.47 Å². The zero-order chi connectivity index (χ0) is 4.71. The molecule has 0 saturated heterocycles. The van der Waals surface area contributed by atoms with E-state index >= 15 is 0 Å². The van der Waals surface area contributed by atoms with Crippen molar-refractivity contribution in [3.05, 3.63) is 21.8 Å². The third-order valence-corrected chi connectivity index (χ3v) is 0. The summed E-state index contributed by atoms with van der Waals surface area (Å²) < 4.78 is 0. The number of aliphatic hydroxyl groups excluding tert-OH is 1. The molecule has 0 amide bonds. The van der Waals surface area contributed by atoms with E-state index in [1.807, 2.05) is 0 Å². The normalized spacial score (nSPS) is 1.80. The molecule has 0 rings (SSSR count). The first-order valence-electron chi connectivity index (χ1n) is 1.13. The molecule has 10 heavy (non-hydrogen) atoms. The summed E-state index contributed by atoms with van der Waals surface area (Å²) in [6.45, 7) is 5.50. The Morgan fingerprint density at radius 2 is 1.30 bits per heavy atom. The Morgan fingerprint density at radius 3 is 1.30 bits per heavy atom. The number of hydrogen-bond acceptors (Lipinski definition) is 1. The summed E-state index contributed by atoms with van der Waals surface area (Å²) >= 11 is 0. The van der Waals surface area contributed by atoms with E-state index < -0.39 is 0 Å². The molecule has 2 nitrogen and oxygen atoms in total. The molecule has 0 aromatic heterocycles. The van der Waals surface area contributed by atoms with Crippen molar-refractivity contribution >= 4 is 6.47 Å². The van der Waals surface area contributed by atoms with Crippen LogP contribution in [0.3, 0.4) is 0 Å². The van der Waals surface area contributed by atoms with Crippen molar-refractivity contribution in [2.45, 2.75) is 6.92 Å². The van der Waals surface area contributed by atoms with Crippen LogP contribution >= 0.6 is 0 Å². The van der Waals surface area contributed by atoms with Crippen molar-refractivity contribution in [3.63, 3.8) is 0 Å². The van der Waals surface area contributed by atoms with Crippen molar-refractivity contribution in [1.29, 1.82) is 0 Å². The summed E-state index contributed by atoms with van der Waals surface area (Å²) in [6.07, 6.45) is 0. The van der Waals surface area contributed by atoms with Crippen LogP contribution in [0.25, 0.3) is 0 Å². The van der Waals surface area contributed by atoms with Crippen LogP contribution < -0.4 is 0 Å². The van der Waals surface area contributed by atoms with Crippen LogP contribution in [0.4, 0.5) is 0 Å². The maximum Gasteiger partial charge on any atom is 0 e. The van der Waals surface area contributed by atoms with Gasteiger partial charge in [0.2, 0.25) is 0 Å². The van der Waals surface area contributed by atoms with E-state index in [1.54, 1.807) is 6.92 Å². The van der Waals surface area contributed by atoms with Gasteiger partial charge in [0.05, 0.1) is 0 Å². The Hall–Kier alpha value is 1.85. The molecule has 0 heterocycles. The van der Waals surface area contributed by atoms with Crippen LogP contribution in [0.5, 0.6) is 0 Å². The summed E-state index contributed by atoms with van der Waals surface area (Å²) in [5.41, 5.74) is 0. The van der Waals surface area contributed by atoms with Crippen LogP contribution in [-0.4, -0.2) is 11.6 Å². The van der Waals surface area contributed by atoms with Crippen molar-refractivity contribution in [3.8, 4) is 0 Å². The van der Waals surface area contributed by atoms with Crippen molar-refractivity contribution < 1.29 is 82.2 Å². The average Bonchev–Trinajstić information content (AvgIpc) is 1.46. The predicted octanol–water partition coefficient (Wildman–Crippen LogP) is 1.35. The molecule has 0 unspecified atom stereocenters. The molecular formula is C5H12O2VWY-4. The summed E-state index contributed by atoms with van der Waals surface area (Å²) in [5.74, 6) is 0. The van der Waals surface area contributed by atoms with Gasteiger partial charge in [0.15, 0.2) is 0 Å². The van der Waals surface area contributed by atoms with E-state index in [-0.39, 0.29) is 87.2 Å². The number of hydrogen-bond donors (Lipinski definition) is 1. The van der Waals surface area contributed by atoms with Gasteiger partial charge in [0.1, 0.15) is 0 Å². The summed E-state index contributed by atoms with van der Waals surface area (Å²) in [4.78, 5) is 8.24. The fourth-order valence-electron chi connectivity index (χ4n) is 0. The Bertz CT molecular complexity index is 27.1. The largest absolute Gasteiger partial charge is 0.665 e. The molecule has 1 N–H and O–H groups in total. The van der Waals surface area contributed by atoms with Gasteiger partial charge in [-0.05, 0) is 0 Å². The first-order chi connectivity index (χ1) is 2.41. The fourth-order valence-corrected chi connectivity index (χ4v) is 0. The minimum Gasteiger partial charge on any atom is -0.665 e. The first-order valence-corrected chi connectivity index (χ1v) is 1.13. The zero-order valence-electron chi connectivity index (χ0n) is 6.50. The van der Waals surface area contributed by atoms with E-state index in [1.165, 1.54) is 0 Å². The van der Waals surface area contributed by atoms with Gasteiger partial charge in [0.25, 0.3) is 0 Å². The van der Waals surface area contributed by atoms with Gasteiger partial charge < -0.3 is 31.7 Å². The Balaban J connectivity index is -0.00000000246. The second kappa shape index (κ2) is 130. The maximum absolute atomic E-state index is 8.24. The van der Waals surface area contributed by atoms with Gasteiger partial charge in [-0.25, -0.2) is 0 Å². The van der Waals surface area contributed by atoms with E-state index in [9.17, 15) is 0 Å². The molecule has 0 saturated carbocycles. The van der Waals surface area contributed by atoms with Crippen molar-refractivity contribution in [2.75, 3.05) is 0 Å². The van der Waals surface area contributed by atoms with E-state index in [4.69, 9.17) is 9.90 Å². The third-order valence-electron chi connectivity index (χ3n) is 0. The predicted molar refractivity (Wildman–Crippen MR) is 32.2 cm³/mol. The van der Waals surface area contributed by atoms with Gasteiger partial charge in [-0.3, -0.25) is 0 Å². The molecule has 2 radical (unpaired) electrons. The minimum absolute atomic E-state index is 0. The SMILES string of the molecule is O=[C-]O.[CH2-]C.[CH3-].[CH3-].[V].[W].[Y]. The minimum atomic E-state index is 0. The Morgan fingerprint density at radius 1 is 1.30 bits per heavy atom. The van der Waals surface area contributed by atoms with Crippen LogP contribution in [0.15, 0.2) is 0 Å². The molecule has 62 valence electrons. The quantitative estimate of drug-likeness (QED) is 0.593. The molecule has 0 spiro atoms. The summed E-state index contributed by atoms with van der Waals surface area (Å²) in [7, 11) is 0. The molecule has 0 fully saturated rings. The standard InChI is InChI=1S/C2H5.CHO2.2CH3.V.W.Y/c1-2;2-1-3;;;;;/h1H2,2H3;(H,2,3);2*1H3;;;/q4*-1;;;. The Kier molecular flexibility index (Phi) is 770. The fraction of sp³-hybridized carbons (Fsp3) is 0.200. The van der Waals surface area contributed by atoms with Gasteiger partial charge >= 0.3 is 0 Å². The van der Waals surface area contributed by atoms with Gasteiger partial charge in [0, 0.05) is 72.3 Å². The maximum atomic E-state index is 8.24. The van der Waals surface area contributed by atoms with Crippen LogP contribution in [0, 0.1) is 21.8 Å². The second-order valence-corrected chi connectivity index (χ2v) is 0.0913. The molecular weight excluding hydrogens is 416 g/mol. The van der Waals surface area contributed by atoms with Crippen molar-refractivity contribution in [1.82, 2.24) is 0 Å². The van der Waals surface area contributed by atoms with Crippen LogP contribution in [-0.2, 0) is 77.1 Å². The van der Waals surface area contributed by atoms with E-state index in [0.717, 1.165) is 0 Å². The molecule has 5 heteroatoms. The molecule has 0 bridgehead atoms. The van der Waals surface area contributed by atoms with E-state index in [0.29, 0.717) is 6.47 Å². The Labute approximate surface area is 116 Å². The van der Waals surface area contributed by atoms with Crippen molar-refractivity contribution in [2.24, 2.45) is 0 Å². The van der Waals surface area contributed by atoms with Gasteiger partial charge in [-0.2, -0.15) is 6.92 Å². The van der Waals surface area contributed by atoms with Crippen LogP contribution in [0.1, 0.15) is 6.92 Å².